The molecule has 0 radical (unpaired) electrons. The van der Waals surface area contributed by atoms with Crippen LogP contribution in [0.3, 0.4) is 0 Å². The number of carbonyl (C=O) groups excluding carboxylic acids is 1. The van der Waals surface area contributed by atoms with Crippen LogP contribution >= 0.6 is 0 Å². The Morgan fingerprint density at radius 1 is 1.17 bits per heavy atom. The number of fused-ring (bicyclic) bond motifs is 1. The van der Waals surface area contributed by atoms with E-state index < -0.39 is 0 Å². The van der Waals surface area contributed by atoms with Gasteiger partial charge in [0, 0.05) is 38.0 Å². The summed E-state index contributed by atoms with van der Waals surface area (Å²) in [4.78, 5) is 14.5. The maximum Gasteiger partial charge on any atom is 0.220 e. The number of hydrogen-bond donors (Lipinski definition) is 1. The summed E-state index contributed by atoms with van der Waals surface area (Å²) in [5.74, 6) is 2.23. The molecule has 0 bridgehead atoms. The number of anilines is 1. The second-order valence-corrected chi connectivity index (χ2v) is 6.77. The normalized spacial score (nSPS) is 14.2. The van der Waals surface area contributed by atoms with Crippen LogP contribution in [0.5, 0.6) is 5.75 Å². The Balaban J connectivity index is 1.38. The van der Waals surface area contributed by atoms with Gasteiger partial charge >= 0.3 is 0 Å². The highest BCUT2D eigenvalue weighted by Gasteiger charge is 2.15. The zero-order valence-corrected chi connectivity index (χ0v) is 16.4. The highest BCUT2D eigenvalue weighted by atomic mass is 16.5. The third-order valence-corrected chi connectivity index (χ3v) is 4.89. The van der Waals surface area contributed by atoms with E-state index in [0.717, 1.165) is 30.2 Å². The number of nitrogens with zero attached hydrogens (tertiary/aromatic N) is 5. The highest BCUT2D eigenvalue weighted by Crippen LogP contribution is 2.17. The van der Waals surface area contributed by atoms with Crippen molar-refractivity contribution in [3.05, 3.63) is 47.8 Å². The van der Waals surface area contributed by atoms with Crippen LogP contribution in [-0.2, 0) is 22.5 Å². The molecule has 29 heavy (non-hydrogen) atoms. The molecular formula is C20H24N6O3. The average Bonchev–Trinajstić information content (AvgIpc) is 3.19. The van der Waals surface area contributed by atoms with Gasteiger partial charge in [-0.05, 0) is 18.2 Å². The molecule has 3 aromatic rings. The Labute approximate surface area is 168 Å². The number of nitrogens with one attached hydrogen (secondary N) is 1. The van der Waals surface area contributed by atoms with E-state index in [1.807, 2.05) is 36.4 Å². The van der Waals surface area contributed by atoms with E-state index in [2.05, 4.69) is 25.5 Å². The van der Waals surface area contributed by atoms with Gasteiger partial charge in [0.05, 0.1) is 20.3 Å². The molecule has 0 aliphatic carbocycles. The predicted molar refractivity (Wildman–Crippen MR) is 107 cm³/mol. The first-order valence-corrected chi connectivity index (χ1v) is 9.67. The summed E-state index contributed by atoms with van der Waals surface area (Å²) in [7, 11) is 1.62. The number of aromatic nitrogens is 4. The lowest BCUT2D eigenvalue weighted by Crippen LogP contribution is -2.37. The van der Waals surface area contributed by atoms with Crippen molar-refractivity contribution in [1.82, 2.24) is 25.1 Å². The molecule has 1 aromatic carbocycles. The predicted octanol–water partition coefficient (Wildman–Crippen LogP) is 1.22. The van der Waals surface area contributed by atoms with Gasteiger partial charge in [0.25, 0.3) is 0 Å². The Bertz CT molecular complexity index is 983. The van der Waals surface area contributed by atoms with Crippen molar-refractivity contribution in [1.29, 1.82) is 0 Å². The second kappa shape index (κ2) is 8.87. The zero-order chi connectivity index (χ0) is 20.1. The van der Waals surface area contributed by atoms with Crippen molar-refractivity contribution < 1.29 is 14.3 Å². The van der Waals surface area contributed by atoms with Crippen LogP contribution in [0, 0.1) is 0 Å². The number of rotatable bonds is 7. The van der Waals surface area contributed by atoms with Crippen molar-refractivity contribution in [2.45, 2.75) is 19.4 Å². The summed E-state index contributed by atoms with van der Waals surface area (Å²) in [6.07, 6.45) is 0.762. The summed E-state index contributed by atoms with van der Waals surface area (Å²) in [5, 5.41) is 16.0. The van der Waals surface area contributed by atoms with Crippen LogP contribution in [-0.4, -0.2) is 59.1 Å². The Morgan fingerprint density at radius 2 is 2.00 bits per heavy atom. The minimum Gasteiger partial charge on any atom is -0.496 e. The fourth-order valence-corrected chi connectivity index (χ4v) is 3.30. The van der Waals surface area contributed by atoms with E-state index in [4.69, 9.17) is 9.47 Å². The van der Waals surface area contributed by atoms with E-state index in [0.29, 0.717) is 44.1 Å². The Hall–Kier alpha value is -3.20. The van der Waals surface area contributed by atoms with Crippen LogP contribution in [0.2, 0.25) is 0 Å². The van der Waals surface area contributed by atoms with Gasteiger partial charge < -0.3 is 19.7 Å². The molecule has 152 valence electrons. The summed E-state index contributed by atoms with van der Waals surface area (Å²) in [6, 6.07) is 11.5. The Morgan fingerprint density at radius 3 is 2.83 bits per heavy atom. The first-order chi connectivity index (χ1) is 14.2. The number of para-hydroxylation sites is 1. The Kier molecular flexibility index (Phi) is 5.85. The van der Waals surface area contributed by atoms with Crippen molar-refractivity contribution in [3.8, 4) is 5.75 Å². The molecule has 0 saturated carbocycles. The summed E-state index contributed by atoms with van der Waals surface area (Å²) < 4.78 is 12.4. The molecular weight excluding hydrogens is 372 g/mol. The number of benzene rings is 1. The molecule has 3 heterocycles. The average molecular weight is 396 g/mol. The van der Waals surface area contributed by atoms with E-state index in [-0.39, 0.29) is 5.91 Å². The van der Waals surface area contributed by atoms with E-state index in [9.17, 15) is 4.79 Å². The van der Waals surface area contributed by atoms with Crippen molar-refractivity contribution in [2.24, 2.45) is 0 Å². The van der Waals surface area contributed by atoms with E-state index in [1.54, 1.807) is 11.6 Å². The second-order valence-electron chi connectivity index (χ2n) is 6.77. The molecule has 0 spiro atoms. The van der Waals surface area contributed by atoms with Gasteiger partial charge in [0.15, 0.2) is 11.5 Å². The number of hydrogen-bond acceptors (Lipinski definition) is 7. The quantitative estimate of drug-likeness (QED) is 0.642. The standard InChI is InChI=1S/C20H24N6O3/c1-28-16-5-3-2-4-15(16)14-21-20(27)9-8-18-23-22-17-6-7-19(24-26(17)18)25-10-12-29-13-11-25/h2-7H,8-14H2,1H3,(H,21,27). The van der Waals surface area contributed by atoms with Gasteiger partial charge in [0.2, 0.25) is 5.91 Å². The van der Waals surface area contributed by atoms with E-state index in [1.165, 1.54) is 0 Å². The van der Waals surface area contributed by atoms with Gasteiger partial charge in [-0.25, -0.2) is 0 Å². The fourth-order valence-electron chi connectivity index (χ4n) is 3.30. The molecule has 9 nitrogen and oxygen atoms in total. The number of amides is 1. The zero-order valence-electron chi connectivity index (χ0n) is 16.4. The molecule has 1 aliphatic heterocycles. The third-order valence-electron chi connectivity index (χ3n) is 4.89. The molecule has 1 saturated heterocycles. The molecule has 1 N–H and O–H groups in total. The van der Waals surface area contributed by atoms with Crippen molar-refractivity contribution in [2.75, 3.05) is 38.3 Å². The molecule has 0 unspecified atom stereocenters. The van der Waals surface area contributed by atoms with Crippen LogP contribution in [0.25, 0.3) is 5.65 Å². The van der Waals surface area contributed by atoms with Crippen LogP contribution in [0.15, 0.2) is 36.4 Å². The maximum atomic E-state index is 12.3. The smallest absolute Gasteiger partial charge is 0.220 e. The molecule has 9 heteroatoms. The maximum absolute atomic E-state index is 12.3. The molecule has 1 amide bonds. The van der Waals surface area contributed by atoms with Crippen LogP contribution < -0.4 is 15.0 Å². The lowest BCUT2D eigenvalue weighted by molar-refractivity contribution is -0.121. The third kappa shape index (κ3) is 4.45. The van der Waals surface area contributed by atoms with Gasteiger partial charge in [-0.3, -0.25) is 4.79 Å². The van der Waals surface area contributed by atoms with Crippen molar-refractivity contribution >= 4 is 17.4 Å². The number of ether oxygens (including phenoxy) is 2. The lowest BCUT2D eigenvalue weighted by Gasteiger charge is -2.27. The molecule has 1 aliphatic rings. The number of morpholine rings is 1. The fraction of sp³-hybridized carbons (Fsp3) is 0.400. The lowest BCUT2D eigenvalue weighted by atomic mass is 10.2. The number of aryl methyl sites for hydroxylation is 1. The van der Waals surface area contributed by atoms with Crippen LogP contribution in [0.1, 0.15) is 17.8 Å². The molecule has 0 atom stereocenters. The monoisotopic (exact) mass is 396 g/mol. The molecule has 4 rings (SSSR count). The number of methoxy groups -OCH3 is 1. The SMILES string of the molecule is COc1ccccc1CNC(=O)CCc1nnc2ccc(N3CCOCC3)nn12. The molecule has 1 fully saturated rings. The largest absolute Gasteiger partial charge is 0.496 e. The summed E-state index contributed by atoms with van der Waals surface area (Å²) in [6.45, 7) is 3.42. The number of carbonyl (C=O) groups is 1. The minimum atomic E-state index is -0.0583. The first kappa shape index (κ1) is 19.1. The topological polar surface area (TPSA) is 93.9 Å². The highest BCUT2D eigenvalue weighted by molar-refractivity contribution is 5.76. The van der Waals surface area contributed by atoms with Crippen molar-refractivity contribution in [3.63, 3.8) is 0 Å². The molecule has 2 aromatic heterocycles. The van der Waals surface area contributed by atoms with Crippen LogP contribution in [0.4, 0.5) is 5.82 Å². The minimum absolute atomic E-state index is 0.0583. The summed E-state index contributed by atoms with van der Waals surface area (Å²) >= 11 is 0. The first-order valence-electron chi connectivity index (χ1n) is 9.67. The van der Waals surface area contributed by atoms with Gasteiger partial charge in [-0.2, -0.15) is 4.52 Å². The van der Waals surface area contributed by atoms with E-state index >= 15 is 0 Å². The van der Waals surface area contributed by atoms with Gasteiger partial charge in [-0.15, -0.1) is 15.3 Å². The van der Waals surface area contributed by atoms with Gasteiger partial charge in [0.1, 0.15) is 11.6 Å². The summed E-state index contributed by atoms with van der Waals surface area (Å²) in [5.41, 5.74) is 1.61. The van der Waals surface area contributed by atoms with Gasteiger partial charge in [-0.1, -0.05) is 18.2 Å².